The number of nitrogens with one attached hydrogen (secondary N) is 2. The minimum atomic E-state index is -0.640. The molecule has 8 heteroatoms. The molecule has 0 spiro atoms. The monoisotopic (exact) mass is 330 g/mol. The normalized spacial score (nSPS) is 23.8. The van der Waals surface area contributed by atoms with Gasteiger partial charge in [-0.25, -0.2) is 0 Å². The molecule has 0 radical (unpaired) electrons. The van der Waals surface area contributed by atoms with E-state index >= 15 is 0 Å². The molecule has 1 unspecified atom stereocenters. The van der Waals surface area contributed by atoms with Crippen LogP contribution in [0.1, 0.15) is 48.7 Å². The van der Waals surface area contributed by atoms with Gasteiger partial charge in [0.25, 0.3) is 5.91 Å². The Balaban J connectivity index is 1.74. The van der Waals surface area contributed by atoms with Crippen LogP contribution in [0.25, 0.3) is 0 Å². The Morgan fingerprint density at radius 2 is 2.04 bits per heavy atom. The first-order chi connectivity index (χ1) is 11.4. The number of nitrogens with two attached hydrogens (primary N) is 2. The second-order valence-corrected chi connectivity index (χ2v) is 6.25. The lowest BCUT2D eigenvalue weighted by molar-refractivity contribution is -0.0385. The Bertz CT molecular complexity index is 717. The minimum absolute atomic E-state index is 0.139. The van der Waals surface area contributed by atoms with Crippen molar-refractivity contribution in [3.8, 4) is 0 Å². The van der Waals surface area contributed by atoms with Crippen LogP contribution in [-0.4, -0.2) is 33.3 Å². The number of H-pyrrole nitrogens is 1. The predicted molar refractivity (Wildman–Crippen MR) is 91.0 cm³/mol. The quantitative estimate of drug-likeness (QED) is 0.677. The lowest BCUT2D eigenvalue weighted by atomic mass is 9.89. The first kappa shape index (κ1) is 16.3. The van der Waals surface area contributed by atoms with Crippen LogP contribution in [0.4, 0.5) is 17.3 Å². The summed E-state index contributed by atoms with van der Waals surface area (Å²) >= 11 is 0. The molecule has 3 atom stereocenters. The maximum absolute atomic E-state index is 11.4. The molecule has 1 fully saturated rings. The minimum Gasteiger partial charge on any atom is -0.383 e. The fourth-order valence-electron chi connectivity index (χ4n) is 3.20. The van der Waals surface area contributed by atoms with E-state index in [1.165, 1.54) is 0 Å². The van der Waals surface area contributed by atoms with Gasteiger partial charge in [0.2, 0.25) is 0 Å². The number of rotatable bonds is 4. The average Bonchev–Trinajstić information content (AvgIpc) is 2.88. The molecule has 1 saturated heterocycles. The number of hydrogen-bond acceptors (Lipinski definition) is 6. The zero-order valence-corrected chi connectivity index (χ0v) is 13.7. The molecule has 1 amide bonds. The van der Waals surface area contributed by atoms with Crippen LogP contribution in [-0.2, 0) is 4.74 Å². The topological polar surface area (TPSA) is 132 Å². The van der Waals surface area contributed by atoms with Gasteiger partial charge in [-0.05, 0) is 38.8 Å². The van der Waals surface area contributed by atoms with Gasteiger partial charge in [-0.3, -0.25) is 14.9 Å². The van der Waals surface area contributed by atoms with E-state index in [-0.39, 0.29) is 23.6 Å². The molecule has 0 bridgehead atoms. The van der Waals surface area contributed by atoms with Crippen molar-refractivity contribution in [3.63, 3.8) is 0 Å². The van der Waals surface area contributed by atoms with Crippen LogP contribution in [0.3, 0.4) is 0 Å². The standard InChI is InChI=1S/C16H22N6O2/c1-8-5-10(6-9(2)24-8)12-4-3-11(7-19-12)20-16-13(15(18)23)14(17)21-22-16/h3-4,7-10H,5-6H2,1-2H3,(H2,18,23)(H4,17,20,21,22)/t8-,9+,10?. The van der Waals surface area contributed by atoms with Crippen molar-refractivity contribution in [1.82, 2.24) is 15.2 Å². The molecule has 128 valence electrons. The van der Waals surface area contributed by atoms with Crippen molar-refractivity contribution in [2.45, 2.75) is 44.8 Å². The SMILES string of the molecule is C[C@@H]1CC(c2ccc(Nc3n[nH]c(N)c3C(N)=O)cn2)C[C@H](C)O1. The second kappa shape index (κ2) is 6.48. The Morgan fingerprint density at radius 3 is 2.62 bits per heavy atom. The van der Waals surface area contributed by atoms with Gasteiger partial charge < -0.3 is 21.5 Å². The number of nitrogen functional groups attached to an aromatic ring is 1. The molecular formula is C16H22N6O2. The molecule has 2 aromatic heterocycles. The number of amides is 1. The summed E-state index contributed by atoms with van der Waals surface area (Å²) < 4.78 is 5.77. The summed E-state index contributed by atoms with van der Waals surface area (Å²) in [6.45, 7) is 4.18. The molecule has 3 heterocycles. The first-order valence-electron chi connectivity index (χ1n) is 7.96. The largest absolute Gasteiger partial charge is 0.383 e. The third-order valence-corrected chi connectivity index (χ3v) is 4.21. The maximum Gasteiger partial charge on any atom is 0.256 e. The second-order valence-electron chi connectivity index (χ2n) is 6.25. The number of aromatic nitrogens is 3. The Labute approximate surface area is 140 Å². The van der Waals surface area contributed by atoms with E-state index in [0.717, 1.165) is 18.5 Å². The number of pyridine rings is 1. The van der Waals surface area contributed by atoms with Crippen LogP contribution in [0.2, 0.25) is 0 Å². The molecule has 1 aliphatic rings. The summed E-state index contributed by atoms with van der Waals surface area (Å²) in [5.41, 5.74) is 12.9. The third kappa shape index (κ3) is 3.33. The highest BCUT2D eigenvalue weighted by Crippen LogP contribution is 2.32. The van der Waals surface area contributed by atoms with Crippen molar-refractivity contribution in [2.75, 3.05) is 11.1 Å². The van der Waals surface area contributed by atoms with E-state index < -0.39 is 5.91 Å². The molecule has 0 saturated carbocycles. The van der Waals surface area contributed by atoms with Gasteiger partial charge in [0, 0.05) is 11.6 Å². The average molecular weight is 330 g/mol. The molecule has 3 rings (SSSR count). The lowest BCUT2D eigenvalue weighted by Gasteiger charge is -2.31. The number of aromatic amines is 1. The number of carbonyl (C=O) groups is 1. The zero-order valence-electron chi connectivity index (χ0n) is 13.7. The van der Waals surface area contributed by atoms with Crippen molar-refractivity contribution < 1.29 is 9.53 Å². The van der Waals surface area contributed by atoms with E-state index in [0.29, 0.717) is 17.4 Å². The van der Waals surface area contributed by atoms with E-state index in [9.17, 15) is 4.79 Å². The van der Waals surface area contributed by atoms with E-state index in [4.69, 9.17) is 16.2 Å². The highest BCUT2D eigenvalue weighted by Gasteiger charge is 2.26. The van der Waals surface area contributed by atoms with Crippen molar-refractivity contribution in [3.05, 3.63) is 29.6 Å². The molecular weight excluding hydrogens is 308 g/mol. The van der Waals surface area contributed by atoms with Gasteiger partial charge >= 0.3 is 0 Å². The van der Waals surface area contributed by atoms with Crippen LogP contribution >= 0.6 is 0 Å². The van der Waals surface area contributed by atoms with Crippen LogP contribution < -0.4 is 16.8 Å². The molecule has 0 aliphatic carbocycles. The van der Waals surface area contributed by atoms with Crippen LogP contribution in [0.15, 0.2) is 18.3 Å². The molecule has 0 aromatic carbocycles. The van der Waals surface area contributed by atoms with Crippen molar-refractivity contribution >= 4 is 23.2 Å². The van der Waals surface area contributed by atoms with E-state index in [1.54, 1.807) is 6.20 Å². The zero-order chi connectivity index (χ0) is 17.3. The highest BCUT2D eigenvalue weighted by molar-refractivity contribution is 6.02. The number of ether oxygens (including phenoxy) is 1. The lowest BCUT2D eigenvalue weighted by Crippen LogP contribution is -2.28. The molecule has 8 nitrogen and oxygen atoms in total. The maximum atomic E-state index is 11.4. The van der Waals surface area contributed by atoms with Gasteiger partial charge in [0.1, 0.15) is 11.4 Å². The number of hydrogen-bond donors (Lipinski definition) is 4. The van der Waals surface area contributed by atoms with Gasteiger partial charge in [-0.2, -0.15) is 5.10 Å². The van der Waals surface area contributed by atoms with Crippen molar-refractivity contribution in [2.24, 2.45) is 5.73 Å². The fraction of sp³-hybridized carbons (Fsp3) is 0.438. The Morgan fingerprint density at radius 1 is 1.33 bits per heavy atom. The molecule has 2 aromatic rings. The van der Waals surface area contributed by atoms with Crippen LogP contribution in [0, 0.1) is 0 Å². The van der Waals surface area contributed by atoms with Crippen molar-refractivity contribution in [1.29, 1.82) is 0 Å². The van der Waals surface area contributed by atoms with Gasteiger partial charge in [-0.15, -0.1) is 0 Å². The summed E-state index contributed by atoms with van der Waals surface area (Å²) in [6.07, 6.45) is 4.12. The third-order valence-electron chi connectivity index (χ3n) is 4.21. The molecule has 6 N–H and O–H groups in total. The number of nitrogens with zero attached hydrogens (tertiary/aromatic N) is 2. The first-order valence-corrected chi connectivity index (χ1v) is 7.96. The highest BCUT2D eigenvalue weighted by atomic mass is 16.5. The summed E-state index contributed by atoms with van der Waals surface area (Å²) in [4.78, 5) is 16.0. The van der Waals surface area contributed by atoms with E-state index in [1.807, 2.05) is 12.1 Å². The van der Waals surface area contributed by atoms with Gasteiger partial charge in [-0.1, -0.05) is 0 Å². The smallest absolute Gasteiger partial charge is 0.256 e. The summed E-state index contributed by atoms with van der Waals surface area (Å²) in [6, 6.07) is 3.89. The fourth-order valence-corrected chi connectivity index (χ4v) is 3.20. The summed E-state index contributed by atoms with van der Waals surface area (Å²) in [7, 11) is 0. The number of anilines is 3. The summed E-state index contributed by atoms with van der Waals surface area (Å²) in [5, 5.41) is 9.51. The van der Waals surface area contributed by atoms with E-state index in [2.05, 4.69) is 34.3 Å². The van der Waals surface area contributed by atoms with Crippen LogP contribution in [0.5, 0.6) is 0 Å². The summed E-state index contributed by atoms with van der Waals surface area (Å²) in [5.74, 6) is 0.182. The molecule has 24 heavy (non-hydrogen) atoms. The van der Waals surface area contributed by atoms with Gasteiger partial charge in [0.05, 0.1) is 24.1 Å². The van der Waals surface area contributed by atoms with Gasteiger partial charge in [0.15, 0.2) is 5.82 Å². The number of carbonyl (C=O) groups excluding carboxylic acids is 1. The number of primary amides is 1. The predicted octanol–water partition coefficient (Wildman–Crippen LogP) is 1.90. The Kier molecular flexibility index (Phi) is 4.39. The Hall–Kier alpha value is -2.61. The molecule has 1 aliphatic heterocycles.